The third-order valence-electron chi connectivity index (χ3n) is 6.13. The number of carbonyl (C=O) groups is 1. The van der Waals surface area contributed by atoms with Gasteiger partial charge in [-0.3, -0.25) is 4.79 Å². The van der Waals surface area contributed by atoms with Crippen LogP contribution >= 0.6 is 11.6 Å². The lowest BCUT2D eigenvalue weighted by Crippen LogP contribution is -2.43. The van der Waals surface area contributed by atoms with Crippen LogP contribution in [0.2, 0.25) is 5.02 Å². The largest absolute Gasteiger partial charge is 0.355 e. The second-order valence-electron chi connectivity index (χ2n) is 8.86. The fraction of sp³-hybridized carbons (Fsp3) is 0.308. The van der Waals surface area contributed by atoms with Crippen molar-refractivity contribution in [3.8, 4) is 0 Å². The van der Waals surface area contributed by atoms with Crippen LogP contribution in [0.15, 0.2) is 51.9 Å². The van der Waals surface area contributed by atoms with Crippen molar-refractivity contribution in [3.63, 3.8) is 0 Å². The lowest BCUT2D eigenvalue weighted by Gasteiger charge is -2.31. The standard InChI is InChI=1S/C26H28ClN3O4S/c1-17-9-10-18(2)20(14-17)11-12-24-25(19(3)29-34-24)35(32,33)30-13-5-6-21(16-30)26(31)28-23-8-4-7-22(27)15-23/h4,7-12,14-15,21H,5-6,13,16H2,1-3H3,(H,28,31)/b12-11+. The van der Waals surface area contributed by atoms with Crippen molar-refractivity contribution in [2.24, 2.45) is 5.92 Å². The number of amides is 1. The SMILES string of the molecule is Cc1ccc(C)c(/C=C/c2onc(C)c2S(=O)(=O)N2CCCC(C(=O)Nc3cccc(Cl)c3)C2)c1. The maximum Gasteiger partial charge on any atom is 0.248 e. The Labute approximate surface area is 210 Å². The van der Waals surface area contributed by atoms with Gasteiger partial charge in [0, 0.05) is 23.8 Å². The summed E-state index contributed by atoms with van der Waals surface area (Å²) in [7, 11) is -3.92. The smallest absolute Gasteiger partial charge is 0.248 e. The maximum atomic E-state index is 13.6. The van der Waals surface area contributed by atoms with E-state index in [1.54, 1.807) is 37.3 Å². The first-order chi connectivity index (χ1) is 16.6. The van der Waals surface area contributed by atoms with Gasteiger partial charge >= 0.3 is 0 Å². The van der Waals surface area contributed by atoms with Crippen LogP contribution in [0.1, 0.15) is 41.0 Å². The van der Waals surface area contributed by atoms with E-state index in [9.17, 15) is 13.2 Å². The number of hydrogen-bond donors (Lipinski definition) is 1. The molecule has 1 amide bonds. The Hall–Kier alpha value is -2.94. The van der Waals surface area contributed by atoms with Crippen LogP contribution in [0.3, 0.4) is 0 Å². The van der Waals surface area contributed by atoms with Crippen molar-refractivity contribution in [1.29, 1.82) is 0 Å². The quantitative estimate of drug-likeness (QED) is 0.472. The van der Waals surface area contributed by atoms with Crippen molar-refractivity contribution in [1.82, 2.24) is 9.46 Å². The summed E-state index contributed by atoms with van der Waals surface area (Å²) in [4.78, 5) is 12.9. The highest BCUT2D eigenvalue weighted by atomic mass is 35.5. The molecule has 1 fully saturated rings. The summed E-state index contributed by atoms with van der Waals surface area (Å²) >= 11 is 6.01. The van der Waals surface area contributed by atoms with Crippen LogP contribution in [0.4, 0.5) is 5.69 Å². The number of hydrogen-bond acceptors (Lipinski definition) is 5. The molecular weight excluding hydrogens is 486 g/mol. The van der Waals surface area contributed by atoms with Crippen molar-refractivity contribution >= 4 is 45.4 Å². The van der Waals surface area contributed by atoms with Gasteiger partial charge in [0.25, 0.3) is 0 Å². The molecule has 0 aliphatic carbocycles. The van der Waals surface area contributed by atoms with E-state index in [0.717, 1.165) is 16.7 Å². The summed E-state index contributed by atoms with van der Waals surface area (Å²) in [6, 6.07) is 12.9. The van der Waals surface area contributed by atoms with Gasteiger partial charge in [-0.05, 0) is 69.0 Å². The minimum absolute atomic E-state index is 0.0370. The molecule has 0 spiro atoms. The molecule has 35 heavy (non-hydrogen) atoms. The van der Waals surface area contributed by atoms with Crippen molar-refractivity contribution < 1.29 is 17.7 Å². The number of rotatable bonds is 6. The maximum absolute atomic E-state index is 13.6. The van der Waals surface area contributed by atoms with Gasteiger partial charge in [0.15, 0.2) is 10.7 Å². The van der Waals surface area contributed by atoms with Crippen LogP contribution < -0.4 is 5.32 Å². The summed E-state index contributed by atoms with van der Waals surface area (Å²) in [5, 5.41) is 7.28. The lowest BCUT2D eigenvalue weighted by molar-refractivity contribution is -0.120. The molecule has 0 radical (unpaired) electrons. The Morgan fingerprint density at radius 3 is 2.74 bits per heavy atom. The minimum Gasteiger partial charge on any atom is -0.355 e. The van der Waals surface area contributed by atoms with Gasteiger partial charge in [0.05, 0.1) is 5.92 Å². The number of aromatic nitrogens is 1. The first-order valence-electron chi connectivity index (χ1n) is 11.4. The topological polar surface area (TPSA) is 92.5 Å². The molecule has 7 nitrogen and oxygen atoms in total. The predicted octanol–water partition coefficient (Wildman–Crippen LogP) is 5.46. The van der Waals surface area contributed by atoms with Crippen LogP contribution in [0, 0.1) is 26.7 Å². The zero-order valence-electron chi connectivity index (χ0n) is 19.9. The number of halogens is 1. The van der Waals surface area contributed by atoms with Gasteiger partial charge in [-0.25, -0.2) is 8.42 Å². The number of nitrogens with one attached hydrogen (secondary N) is 1. The molecular formula is C26H28ClN3O4S. The zero-order valence-corrected chi connectivity index (χ0v) is 21.5. The number of piperidine rings is 1. The van der Waals surface area contributed by atoms with Gasteiger partial charge in [0.1, 0.15) is 5.69 Å². The van der Waals surface area contributed by atoms with E-state index in [2.05, 4.69) is 10.5 Å². The molecule has 1 unspecified atom stereocenters. The number of benzene rings is 2. The van der Waals surface area contributed by atoms with E-state index >= 15 is 0 Å². The Morgan fingerprint density at radius 1 is 1.17 bits per heavy atom. The Kier molecular flexibility index (Phi) is 7.44. The average molecular weight is 514 g/mol. The van der Waals surface area contributed by atoms with E-state index < -0.39 is 15.9 Å². The van der Waals surface area contributed by atoms with Crippen molar-refractivity contribution in [2.75, 3.05) is 18.4 Å². The first kappa shape index (κ1) is 25.2. The highest BCUT2D eigenvalue weighted by Crippen LogP contribution is 2.30. The molecule has 1 atom stereocenters. The second-order valence-corrected chi connectivity index (χ2v) is 11.2. The molecule has 1 aromatic heterocycles. The fourth-order valence-electron chi connectivity index (χ4n) is 4.22. The van der Waals surface area contributed by atoms with E-state index in [1.807, 2.05) is 38.1 Å². The van der Waals surface area contributed by atoms with Gasteiger partial charge in [-0.15, -0.1) is 0 Å². The molecule has 2 heterocycles. The van der Waals surface area contributed by atoms with Gasteiger partial charge < -0.3 is 9.84 Å². The van der Waals surface area contributed by atoms with Gasteiger partial charge in [0.2, 0.25) is 15.9 Å². The third-order valence-corrected chi connectivity index (χ3v) is 8.39. The normalized spacial score (nSPS) is 17.1. The molecule has 184 valence electrons. The first-order valence-corrected chi connectivity index (χ1v) is 13.2. The van der Waals surface area contributed by atoms with Crippen LogP contribution in [0.25, 0.3) is 12.2 Å². The molecule has 1 N–H and O–H groups in total. The Balaban J connectivity index is 1.55. The van der Waals surface area contributed by atoms with E-state index in [1.165, 1.54) is 4.31 Å². The summed E-state index contributed by atoms with van der Waals surface area (Å²) in [6.45, 7) is 6.01. The Bertz CT molecular complexity index is 1380. The summed E-state index contributed by atoms with van der Waals surface area (Å²) in [6.07, 6.45) is 4.64. The molecule has 9 heteroatoms. The van der Waals surface area contributed by atoms with E-state index in [4.69, 9.17) is 16.1 Å². The van der Waals surface area contributed by atoms with Gasteiger partial charge in [-0.1, -0.05) is 52.7 Å². The molecule has 1 aliphatic heterocycles. The molecule has 4 rings (SSSR count). The second kappa shape index (κ2) is 10.4. The lowest BCUT2D eigenvalue weighted by atomic mass is 9.99. The molecule has 0 saturated carbocycles. The molecule has 2 aromatic carbocycles. The summed E-state index contributed by atoms with van der Waals surface area (Å²) < 4.78 is 34.0. The summed E-state index contributed by atoms with van der Waals surface area (Å²) in [5.41, 5.74) is 4.01. The number of anilines is 1. The van der Waals surface area contributed by atoms with Crippen LogP contribution in [-0.4, -0.2) is 36.9 Å². The van der Waals surface area contributed by atoms with Crippen LogP contribution in [-0.2, 0) is 14.8 Å². The molecule has 1 saturated heterocycles. The molecule has 0 bridgehead atoms. The Morgan fingerprint density at radius 2 is 1.97 bits per heavy atom. The third kappa shape index (κ3) is 5.66. The molecule has 3 aromatic rings. The van der Waals surface area contributed by atoms with Crippen molar-refractivity contribution in [3.05, 3.63) is 75.6 Å². The van der Waals surface area contributed by atoms with Gasteiger partial charge in [-0.2, -0.15) is 4.31 Å². The van der Waals surface area contributed by atoms with E-state index in [0.29, 0.717) is 30.1 Å². The van der Waals surface area contributed by atoms with Crippen LogP contribution in [0.5, 0.6) is 0 Å². The number of aryl methyl sites for hydroxylation is 3. The fourth-order valence-corrected chi connectivity index (χ4v) is 6.18. The zero-order chi connectivity index (χ0) is 25.2. The number of sulfonamides is 1. The monoisotopic (exact) mass is 513 g/mol. The number of carbonyl (C=O) groups excluding carboxylic acids is 1. The average Bonchev–Trinajstić information content (AvgIpc) is 3.21. The highest BCUT2D eigenvalue weighted by molar-refractivity contribution is 7.89. The van der Waals surface area contributed by atoms with E-state index in [-0.39, 0.29) is 28.8 Å². The molecule has 1 aliphatic rings. The highest BCUT2D eigenvalue weighted by Gasteiger charge is 2.37. The van der Waals surface area contributed by atoms with Crippen molar-refractivity contribution in [2.45, 2.75) is 38.5 Å². The number of nitrogens with zero attached hydrogens (tertiary/aromatic N) is 2. The predicted molar refractivity (Wildman–Crippen MR) is 138 cm³/mol. The summed E-state index contributed by atoms with van der Waals surface area (Å²) in [5.74, 6) is -0.537. The minimum atomic E-state index is -3.92.